The van der Waals surface area contributed by atoms with E-state index in [4.69, 9.17) is 0 Å². The van der Waals surface area contributed by atoms with Gasteiger partial charge in [-0.05, 0) is 42.9 Å². The van der Waals surface area contributed by atoms with Gasteiger partial charge in [0.1, 0.15) is 0 Å². The molecule has 0 radical (unpaired) electrons. The van der Waals surface area contributed by atoms with Crippen LogP contribution in [-0.4, -0.2) is 0 Å². The number of rotatable bonds is 1. The fourth-order valence-electron chi connectivity index (χ4n) is 2.82. The quantitative estimate of drug-likeness (QED) is 0.645. The first-order valence-corrected chi connectivity index (χ1v) is 6.17. The fourth-order valence-corrected chi connectivity index (χ4v) is 2.82. The van der Waals surface area contributed by atoms with E-state index in [1.54, 1.807) is 13.0 Å². The smallest absolute Gasteiger partial charge is 0.166 e. The minimum atomic E-state index is -4.23. The van der Waals surface area contributed by atoms with E-state index in [0.29, 0.717) is 11.5 Å². The lowest BCUT2D eigenvalue weighted by atomic mass is 9.81. The molecule has 1 fully saturated rings. The maximum Gasteiger partial charge on any atom is 0.416 e. The summed E-state index contributed by atoms with van der Waals surface area (Å²) in [5.41, 5.74) is 0.854. The average Bonchev–Trinajstić information content (AvgIpc) is 2.29. The molecule has 1 aliphatic rings. The highest BCUT2D eigenvalue weighted by Crippen LogP contribution is 2.39. The zero-order valence-electron chi connectivity index (χ0n) is 9.98. The van der Waals surface area contributed by atoms with Crippen molar-refractivity contribution >= 4 is 0 Å². The molecule has 3 heteroatoms. The van der Waals surface area contributed by atoms with Gasteiger partial charge in [0.2, 0.25) is 0 Å². The summed E-state index contributed by atoms with van der Waals surface area (Å²) in [6, 6.07) is 4.59. The van der Waals surface area contributed by atoms with E-state index in [0.717, 1.165) is 31.2 Å². The van der Waals surface area contributed by atoms with Gasteiger partial charge in [0.15, 0.2) is 0 Å². The normalized spacial score (nSPS) is 18.4. The highest BCUT2D eigenvalue weighted by atomic mass is 19.4. The molecule has 17 heavy (non-hydrogen) atoms. The lowest BCUT2D eigenvalue weighted by Gasteiger charge is -2.25. The van der Waals surface area contributed by atoms with Gasteiger partial charge in [0.25, 0.3) is 0 Å². The summed E-state index contributed by atoms with van der Waals surface area (Å²) in [6.07, 6.45) is 1.33. The second-order valence-corrected chi connectivity index (χ2v) is 4.85. The van der Waals surface area contributed by atoms with Crippen LogP contribution in [0.3, 0.4) is 0 Å². The summed E-state index contributed by atoms with van der Waals surface area (Å²) >= 11 is 0. The van der Waals surface area contributed by atoms with Gasteiger partial charge >= 0.3 is 6.18 Å². The van der Waals surface area contributed by atoms with E-state index in [-0.39, 0.29) is 0 Å². The van der Waals surface area contributed by atoms with E-state index in [1.165, 1.54) is 12.5 Å². The third-order valence-electron chi connectivity index (χ3n) is 3.73. The molecular formula is C14H17F3. The Morgan fingerprint density at radius 3 is 2.29 bits per heavy atom. The summed E-state index contributed by atoms with van der Waals surface area (Å²) in [5, 5.41) is 0. The van der Waals surface area contributed by atoms with Crippen molar-refractivity contribution in [2.45, 2.75) is 51.1 Å². The molecule has 0 aliphatic heterocycles. The van der Waals surface area contributed by atoms with Crippen LogP contribution >= 0.6 is 0 Å². The Morgan fingerprint density at radius 2 is 1.71 bits per heavy atom. The Kier molecular flexibility index (Phi) is 3.45. The van der Waals surface area contributed by atoms with Gasteiger partial charge in [0.05, 0.1) is 5.56 Å². The molecule has 0 nitrogen and oxygen atoms in total. The molecule has 0 aromatic heterocycles. The van der Waals surface area contributed by atoms with Crippen LogP contribution in [0.4, 0.5) is 13.2 Å². The molecule has 1 saturated carbocycles. The largest absolute Gasteiger partial charge is 0.416 e. The zero-order valence-corrected chi connectivity index (χ0v) is 9.98. The van der Waals surface area contributed by atoms with Gasteiger partial charge < -0.3 is 0 Å². The van der Waals surface area contributed by atoms with E-state index < -0.39 is 11.7 Å². The number of hydrogen-bond acceptors (Lipinski definition) is 0. The molecule has 1 aliphatic carbocycles. The Morgan fingerprint density at radius 1 is 1.06 bits per heavy atom. The van der Waals surface area contributed by atoms with Crippen LogP contribution in [0.25, 0.3) is 0 Å². The molecule has 2 rings (SSSR count). The second-order valence-electron chi connectivity index (χ2n) is 4.85. The van der Waals surface area contributed by atoms with Gasteiger partial charge in [-0.15, -0.1) is 0 Å². The van der Waals surface area contributed by atoms with Gasteiger partial charge in [-0.2, -0.15) is 13.2 Å². The Labute approximate surface area is 99.8 Å². The molecule has 0 atom stereocenters. The minimum Gasteiger partial charge on any atom is -0.166 e. The van der Waals surface area contributed by atoms with Crippen LogP contribution in [-0.2, 0) is 6.18 Å². The number of alkyl halides is 3. The second kappa shape index (κ2) is 4.71. The van der Waals surface area contributed by atoms with Crippen molar-refractivity contribution in [3.05, 3.63) is 34.9 Å². The van der Waals surface area contributed by atoms with Crippen molar-refractivity contribution in [2.75, 3.05) is 0 Å². The van der Waals surface area contributed by atoms with Gasteiger partial charge in [-0.3, -0.25) is 0 Å². The Bertz CT molecular complexity index is 387. The van der Waals surface area contributed by atoms with E-state index in [1.807, 2.05) is 6.07 Å². The standard InChI is InChI=1S/C14H17F3/c1-10-12(11-6-3-2-4-7-11)8-5-9-13(10)14(15,16)17/h5,8-9,11H,2-4,6-7H2,1H3. The molecule has 0 spiro atoms. The maximum atomic E-state index is 12.8. The average molecular weight is 242 g/mol. The minimum absolute atomic E-state index is 0.325. The van der Waals surface area contributed by atoms with Crippen LogP contribution in [0.2, 0.25) is 0 Å². The third-order valence-corrected chi connectivity index (χ3v) is 3.73. The van der Waals surface area contributed by atoms with Gasteiger partial charge in [0, 0.05) is 0 Å². The first-order valence-electron chi connectivity index (χ1n) is 6.17. The molecule has 0 unspecified atom stereocenters. The maximum absolute atomic E-state index is 12.8. The summed E-state index contributed by atoms with van der Waals surface area (Å²) in [6.45, 7) is 1.60. The first-order chi connectivity index (χ1) is 8.00. The lowest BCUT2D eigenvalue weighted by molar-refractivity contribution is -0.138. The van der Waals surface area contributed by atoms with Crippen LogP contribution in [0, 0.1) is 6.92 Å². The molecule has 0 amide bonds. The molecule has 1 aromatic rings. The predicted octanol–water partition coefficient (Wildman–Crippen LogP) is 5.06. The summed E-state index contributed by atoms with van der Waals surface area (Å²) in [4.78, 5) is 0. The van der Waals surface area contributed by atoms with Crippen molar-refractivity contribution in [1.29, 1.82) is 0 Å². The zero-order chi connectivity index (χ0) is 12.5. The first kappa shape index (κ1) is 12.5. The number of benzene rings is 1. The summed E-state index contributed by atoms with van der Waals surface area (Å²) in [7, 11) is 0. The molecule has 94 valence electrons. The fraction of sp³-hybridized carbons (Fsp3) is 0.571. The van der Waals surface area contributed by atoms with Crippen molar-refractivity contribution < 1.29 is 13.2 Å². The molecule has 0 bridgehead atoms. The van der Waals surface area contributed by atoms with E-state index in [2.05, 4.69) is 0 Å². The topological polar surface area (TPSA) is 0 Å². The summed E-state index contributed by atoms with van der Waals surface area (Å²) in [5.74, 6) is 0.325. The molecule has 0 N–H and O–H groups in total. The van der Waals surface area contributed by atoms with E-state index >= 15 is 0 Å². The Hall–Kier alpha value is -0.990. The van der Waals surface area contributed by atoms with Crippen molar-refractivity contribution in [3.63, 3.8) is 0 Å². The predicted molar refractivity (Wildman–Crippen MR) is 62.0 cm³/mol. The molecule has 1 aromatic carbocycles. The monoisotopic (exact) mass is 242 g/mol. The van der Waals surface area contributed by atoms with Crippen LogP contribution in [0.5, 0.6) is 0 Å². The van der Waals surface area contributed by atoms with Crippen molar-refractivity contribution in [1.82, 2.24) is 0 Å². The third kappa shape index (κ3) is 2.64. The highest BCUT2D eigenvalue weighted by Gasteiger charge is 2.33. The molecule has 0 saturated heterocycles. The van der Waals surface area contributed by atoms with Crippen LogP contribution in [0.15, 0.2) is 18.2 Å². The molecular weight excluding hydrogens is 225 g/mol. The lowest BCUT2D eigenvalue weighted by Crippen LogP contribution is -2.12. The number of hydrogen-bond donors (Lipinski definition) is 0. The van der Waals surface area contributed by atoms with Crippen molar-refractivity contribution in [2.24, 2.45) is 0 Å². The number of halogens is 3. The van der Waals surface area contributed by atoms with Gasteiger partial charge in [-0.25, -0.2) is 0 Å². The Balaban J connectivity index is 2.35. The van der Waals surface area contributed by atoms with Crippen molar-refractivity contribution in [3.8, 4) is 0 Å². The highest BCUT2D eigenvalue weighted by molar-refractivity contribution is 5.38. The van der Waals surface area contributed by atoms with Gasteiger partial charge in [-0.1, -0.05) is 31.4 Å². The van der Waals surface area contributed by atoms with Crippen LogP contribution < -0.4 is 0 Å². The van der Waals surface area contributed by atoms with E-state index in [9.17, 15) is 13.2 Å². The summed E-state index contributed by atoms with van der Waals surface area (Å²) < 4.78 is 38.4. The van der Waals surface area contributed by atoms with Crippen LogP contribution in [0.1, 0.15) is 54.7 Å². The molecule has 0 heterocycles. The SMILES string of the molecule is Cc1c(C2CCCCC2)cccc1C(F)(F)F.